The van der Waals surface area contributed by atoms with Crippen LogP contribution >= 0.6 is 24.0 Å². The average molecular weight is 322 g/mol. The lowest BCUT2D eigenvalue weighted by molar-refractivity contribution is -0.132. The first kappa shape index (κ1) is 17.0. The maximum Gasteiger partial charge on any atom is 0.239 e. The van der Waals surface area contributed by atoms with E-state index in [0.29, 0.717) is 31.2 Å². The van der Waals surface area contributed by atoms with Gasteiger partial charge in [-0.1, -0.05) is 11.6 Å². The molecule has 1 amide bonds. The van der Waals surface area contributed by atoms with Crippen LogP contribution in [0.2, 0.25) is 5.02 Å². The number of carbonyl (C=O) groups excluding carboxylic acids is 1. The molecule has 0 saturated carbocycles. The molecule has 1 heterocycles. The minimum atomic E-state index is -0.471. The Hall–Kier alpha value is -1.04. The van der Waals surface area contributed by atoms with E-state index in [1.165, 1.54) is 12.1 Å². The zero-order valence-electron chi connectivity index (χ0n) is 11.2. The molecule has 0 aliphatic carbocycles. The molecular weight excluding hydrogens is 304 g/mol. The lowest BCUT2D eigenvalue weighted by atomic mass is 10.2. The van der Waals surface area contributed by atoms with Gasteiger partial charge >= 0.3 is 0 Å². The van der Waals surface area contributed by atoms with Crippen molar-refractivity contribution >= 4 is 35.6 Å². The summed E-state index contributed by atoms with van der Waals surface area (Å²) >= 11 is 6.03. The molecule has 0 aromatic heterocycles. The van der Waals surface area contributed by atoms with E-state index in [0.717, 1.165) is 5.69 Å². The monoisotopic (exact) mass is 321 g/mol. The van der Waals surface area contributed by atoms with Gasteiger partial charge in [0.25, 0.3) is 0 Å². The van der Waals surface area contributed by atoms with Crippen LogP contribution in [0.3, 0.4) is 0 Å². The van der Waals surface area contributed by atoms with Gasteiger partial charge in [0.15, 0.2) is 0 Å². The lowest BCUT2D eigenvalue weighted by Gasteiger charge is -2.37. The fourth-order valence-electron chi connectivity index (χ4n) is 2.19. The molecule has 2 N–H and O–H groups in total. The number of benzene rings is 1. The van der Waals surface area contributed by atoms with Crippen molar-refractivity contribution in [3.63, 3.8) is 0 Å². The van der Waals surface area contributed by atoms with E-state index in [-0.39, 0.29) is 24.1 Å². The first-order valence-electron chi connectivity index (χ1n) is 6.23. The van der Waals surface area contributed by atoms with Crippen LogP contribution in [-0.2, 0) is 4.79 Å². The van der Waals surface area contributed by atoms with Crippen LogP contribution in [0.15, 0.2) is 18.2 Å². The van der Waals surface area contributed by atoms with Crippen LogP contribution in [0.25, 0.3) is 0 Å². The van der Waals surface area contributed by atoms with Crippen LogP contribution in [-0.4, -0.2) is 43.0 Å². The van der Waals surface area contributed by atoms with Crippen LogP contribution in [0.1, 0.15) is 6.92 Å². The fraction of sp³-hybridized carbons (Fsp3) is 0.462. The fourth-order valence-corrected chi connectivity index (χ4v) is 2.48. The molecule has 0 radical (unpaired) electrons. The summed E-state index contributed by atoms with van der Waals surface area (Å²) in [7, 11) is 0. The summed E-state index contributed by atoms with van der Waals surface area (Å²) < 4.78 is 13.0. The molecule has 1 unspecified atom stereocenters. The SMILES string of the molecule is CC(N)C(=O)N1CCN(c2ccc(F)cc2Cl)CC1.Cl. The molecule has 1 aromatic carbocycles. The Balaban J connectivity index is 0.00000200. The third-order valence-corrected chi connectivity index (χ3v) is 3.53. The second-order valence-corrected chi connectivity index (χ2v) is 5.10. The summed E-state index contributed by atoms with van der Waals surface area (Å²) in [6.45, 7) is 4.24. The lowest BCUT2D eigenvalue weighted by Crippen LogP contribution is -2.52. The third kappa shape index (κ3) is 3.75. The summed E-state index contributed by atoms with van der Waals surface area (Å²) in [4.78, 5) is 15.6. The molecule has 1 aliphatic heterocycles. The van der Waals surface area contributed by atoms with E-state index in [1.54, 1.807) is 17.9 Å². The number of carbonyl (C=O) groups is 1. The molecule has 1 saturated heterocycles. The van der Waals surface area contributed by atoms with Crippen molar-refractivity contribution in [1.82, 2.24) is 4.90 Å². The number of nitrogens with zero attached hydrogens (tertiary/aromatic N) is 2. The number of hydrogen-bond donors (Lipinski definition) is 1. The van der Waals surface area contributed by atoms with Crippen molar-refractivity contribution in [2.24, 2.45) is 5.73 Å². The van der Waals surface area contributed by atoms with E-state index < -0.39 is 6.04 Å². The van der Waals surface area contributed by atoms with Crippen molar-refractivity contribution in [3.8, 4) is 0 Å². The van der Waals surface area contributed by atoms with Gasteiger partial charge in [-0.3, -0.25) is 4.79 Å². The number of halogens is 3. The number of hydrogen-bond acceptors (Lipinski definition) is 3. The van der Waals surface area contributed by atoms with Crippen molar-refractivity contribution in [3.05, 3.63) is 29.0 Å². The molecule has 1 fully saturated rings. The van der Waals surface area contributed by atoms with Gasteiger partial charge in [0.2, 0.25) is 5.91 Å². The Kier molecular flexibility index (Phi) is 6.05. The first-order chi connectivity index (χ1) is 8.99. The van der Waals surface area contributed by atoms with Gasteiger partial charge in [-0.2, -0.15) is 0 Å². The highest BCUT2D eigenvalue weighted by Crippen LogP contribution is 2.27. The first-order valence-corrected chi connectivity index (χ1v) is 6.61. The molecule has 2 rings (SSSR count). The molecule has 7 heteroatoms. The zero-order chi connectivity index (χ0) is 14.0. The van der Waals surface area contributed by atoms with Gasteiger partial charge in [-0.05, 0) is 25.1 Å². The summed E-state index contributed by atoms with van der Waals surface area (Å²) in [5.74, 6) is -0.385. The minimum Gasteiger partial charge on any atom is -0.367 e. The van der Waals surface area contributed by atoms with Crippen molar-refractivity contribution < 1.29 is 9.18 Å². The van der Waals surface area contributed by atoms with E-state index in [1.807, 2.05) is 4.90 Å². The Morgan fingerprint density at radius 3 is 2.45 bits per heavy atom. The summed E-state index contributed by atoms with van der Waals surface area (Å²) in [5.41, 5.74) is 6.39. The second kappa shape index (κ2) is 7.11. The molecule has 0 spiro atoms. The van der Waals surface area contributed by atoms with Gasteiger partial charge in [0, 0.05) is 26.2 Å². The highest BCUT2D eigenvalue weighted by atomic mass is 35.5. The third-order valence-electron chi connectivity index (χ3n) is 3.23. The molecular formula is C13H18Cl2FN3O. The highest BCUT2D eigenvalue weighted by Gasteiger charge is 2.24. The normalized spacial score (nSPS) is 16.6. The quantitative estimate of drug-likeness (QED) is 0.905. The van der Waals surface area contributed by atoms with Crippen LogP contribution in [0.4, 0.5) is 10.1 Å². The summed E-state index contributed by atoms with van der Waals surface area (Å²) in [6.07, 6.45) is 0. The standard InChI is InChI=1S/C13H17ClFN3O.ClH/c1-9(16)13(19)18-6-4-17(5-7-18)12-3-2-10(15)8-11(12)14;/h2-3,8-9H,4-7,16H2,1H3;1H. The average Bonchev–Trinajstić information content (AvgIpc) is 2.38. The predicted octanol–water partition coefficient (Wildman–Crippen LogP) is 1.90. The maximum absolute atomic E-state index is 13.0. The Labute approximate surface area is 129 Å². The van der Waals surface area contributed by atoms with E-state index in [2.05, 4.69) is 0 Å². The van der Waals surface area contributed by atoms with E-state index in [9.17, 15) is 9.18 Å². The minimum absolute atomic E-state index is 0. The van der Waals surface area contributed by atoms with Gasteiger partial charge in [-0.15, -0.1) is 12.4 Å². The van der Waals surface area contributed by atoms with Crippen LogP contribution < -0.4 is 10.6 Å². The molecule has 20 heavy (non-hydrogen) atoms. The highest BCUT2D eigenvalue weighted by molar-refractivity contribution is 6.33. The number of rotatable bonds is 2. The second-order valence-electron chi connectivity index (χ2n) is 4.70. The van der Waals surface area contributed by atoms with Crippen molar-refractivity contribution in [2.45, 2.75) is 13.0 Å². The van der Waals surface area contributed by atoms with Gasteiger partial charge in [0.05, 0.1) is 16.8 Å². The molecule has 112 valence electrons. The zero-order valence-corrected chi connectivity index (χ0v) is 12.8. The number of anilines is 1. The van der Waals surface area contributed by atoms with Crippen LogP contribution in [0, 0.1) is 5.82 Å². The number of amides is 1. The van der Waals surface area contributed by atoms with Crippen molar-refractivity contribution in [2.75, 3.05) is 31.1 Å². The predicted molar refractivity (Wildman–Crippen MR) is 81.1 cm³/mol. The van der Waals surface area contributed by atoms with Gasteiger partial charge in [0.1, 0.15) is 5.82 Å². The molecule has 1 aromatic rings. The van der Waals surface area contributed by atoms with E-state index >= 15 is 0 Å². The maximum atomic E-state index is 13.0. The Morgan fingerprint density at radius 1 is 1.35 bits per heavy atom. The smallest absolute Gasteiger partial charge is 0.239 e. The number of nitrogens with two attached hydrogens (primary N) is 1. The molecule has 1 aliphatic rings. The number of piperazine rings is 1. The van der Waals surface area contributed by atoms with Gasteiger partial charge < -0.3 is 15.5 Å². The van der Waals surface area contributed by atoms with E-state index in [4.69, 9.17) is 17.3 Å². The molecule has 1 atom stereocenters. The Morgan fingerprint density at radius 2 is 1.95 bits per heavy atom. The summed E-state index contributed by atoms with van der Waals surface area (Å²) in [5, 5.41) is 0.395. The summed E-state index contributed by atoms with van der Waals surface area (Å²) in [6, 6.07) is 3.89. The largest absolute Gasteiger partial charge is 0.367 e. The molecule has 0 bridgehead atoms. The van der Waals surface area contributed by atoms with Gasteiger partial charge in [-0.25, -0.2) is 4.39 Å². The van der Waals surface area contributed by atoms with Crippen molar-refractivity contribution in [1.29, 1.82) is 0 Å². The van der Waals surface area contributed by atoms with Crippen LogP contribution in [0.5, 0.6) is 0 Å². The Bertz CT molecular complexity index is 477. The topological polar surface area (TPSA) is 49.6 Å². The molecule has 4 nitrogen and oxygen atoms in total.